The highest BCUT2D eigenvalue weighted by atomic mass is 16.5. The minimum Gasteiger partial charge on any atom is -0.508 e. The molecule has 98 valence electrons. The molecule has 1 fully saturated rings. The molecule has 0 radical (unpaired) electrons. The number of likely N-dealkylation sites (N-methyl/N-ethyl adjacent to an activating group) is 1. The molecule has 4 heteroatoms. The highest BCUT2D eigenvalue weighted by Gasteiger charge is 2.42. The van der Waals surface area contributed by atoms with E-state index in [1.807, 2.05) is 27.0 Å². The fraction of sp³-hybridized carbons (Fsp3) is 0.500. The zero-order valence-corrected chi connectivity index (χ0v) is 11.0. The second-order valence-corrected chi connectivity index (χ2v) is 5.39. The van der Waals surface area contributed by atoms with Gasteiger partial charge >= 0.3 is 0 Å². The molecule has 2 rings (SSSR count). The van der Waals surface area contributed by atoms with E-state index in [0.29, 0.717) is 13.2 Å². The molecule has 0 spiro atoms. The van der Waals surface area contributed by atoms with Crippen LogP contribution in [0.25, 0.3) is 0 Å². The zero-order chi connectivity index (χ0) is 13.4. The van der Waals surface area contributed by atoms with Crippen molar-refractivity contribution >= 4 is 6.29 Å². The Kier molecular flexibility index (Phi) is 3.17. The van der Waals surface area contributed by atoms with Crippen LogP contribution in [0.3, 0.4) is 0 Å². The van der Waals surface area contributed by atoms with Crippen LogP contribution in [0.15, 0.2) is 18.2 Å². The minimum atomic E-state index is -0.631. The Morgan fingerprint density at radius 3 is 2.56 bits per heavy atom. The number of hydrogen-bond donors (Lipinski definition) is 2. The summed E-state index contributed by atoms with van der Waals surface area (Å²) >= 11 is 0. The summed E-state index contributed by atoms with van der Waals surface area (Å²) in [5.41, 5.74) is 0.984. The van der Waals surface area contributed by atoms with Gasteiger partial charge in [0.25, 0.3) is 0 Å². The molecule has 0 aliphatic carbocycles. The van der Waals surface area contributed by atoms with Crippen LogP contribution in [-0.4, -0.2) is 31.7 Å². The first-order valence-electron chi connectivity index (χ1n) is 6.02. The van der Waals surface area contributed by atoms with Gasteiger partial charge in [0.15, 0.2) is 0 Å². The van der Waals surface area contributed by atoms with Crippen molar-refractivity contribution < 1.29 is 14.6 Å². The van der Waals surface area contributed by atoms with Crippen molar-refractivity contribution in [3.05, 3.63) is 29.3 Å². The molecule has 1 saturated heterocycles. The zero-order valence-electron chi connectivity index (χ0n) is 11.0. The Morgan fingerprint density at radius 2 is 2.11 bits per heavy atom. The summed E-state index contributed by atoms with van der Waals surface area (Å²) in [5.74, 6) is 0.176. The summed E-state index contributed by atoms with van der Waals surface area (Å²) in [5, 5.41) is 12.9. The van der Waals surface area contributed by atoms with Crippen LogP contribution in [0.2, 0.25) is 0 Å². The van der Waals surface area contributed by atoms with Crippen LogP contribution in [0.4, 0.5) is 0 Å². The molecule has 0 unspecified atom stereocenters. The van der Waals surface area contributed by atoms with Gasteiger partial charge in [-0.25, -0.2) is 0 Å². The number of hydrogen-bond acceptors (Lipinski definition) is 4. The maximum Gasteiger partial charge on any atom is 0.129 e. The molecule has 1 aliphatic rings. The van der Waals surface area contributed by atoms with Gasteiger partial charge in [0.1, 0.15) is 12.0 Å². The number of aldehydes is 1. The summed E-state index contributed by atoms with van der Waals surface area (Å²) < 4.78 is 5.30. The van der Waals surface area contributed by atoms with E-state index in [4.69, 9.17) is 4.74 Å². The van der Waals surface area contributed by atoms with Crippen LogP contribution >= 0.6 is 0 Å². The monoisotopic (exact) mass is 249 g/mol. The number of nitrogens with one attached hydrogen (secondary N) is 1. The minimum absolute atomic E-state index is 0.176. The maximum atomic E-state index is 11.3. The summed E-state index contributed by atoms with van der Waals surface area (Å²) in [4.78, 5) is 11.3. The van der Waals surface area contributed by atoms with Crippen LogP contribution < -0.4 is 5.32 Å². The number of carbonyl (C=O) groups is 1. The van der Waals surface area contributed by atoms with Gasteiger partial charge in [-0.1, -0.05) is 6.07 Å². The topological polar surface area (TPSA) is 58.6 Å². The first-order chi connectivity index (χ1) is 8.45. The van der Waals surface area contributed by atoms with Crippen molar-refractivity contribution in [1.29, 1.82) is 0 Å². The summed E-state index contributed by atoms with van der Waals surface area (Å²) in [6, 6.07) is 5.19. The van der Waals surface area contributed by atoms with Crippen molar-refractivity contribution in [2.75, 3.05) is 20.3 Å². The molecule has 0 amide bonds. The van der Waals surface area contributed by atoms with Crippen LogP contribution in [0.1, 0.15) is 25.0 Å². The molecule has 1 heterocycles. The quantitative estimate of drug-likeness (QED) is 0.790. The highest BCUT2D eigenvalue weighted by molar-refractivity contribution is 5.69. The second-order valence-electron chi connectivity index (χ2n) is 5.39. The van der Waals surface area contributed by atoms with Gasteiger partial charge in [0.05, 0.1) is 18.8 Å². The van der Waals surface area contributed by atoms with E-state index < -0.39 is 5.41 Å². The third-order valence-corrected chi connectivity index (χ3v) is 3.68. The molecule has 2 N–H and O–H groups in total. The SMILES string of the molecule is CNC1(c2ccc(O)cc2C(C)(C)C=O)COC1. The molecule has 0 aromatic heterocycles. The predicted molar refractivity (Wildman–Crippen MR) is 68.8 cm³/mol. The first kappa shape index (κ1) is 13.1. The molecular formula is C14H19NO3. The van der Waals surface area contributed by atoms with E-state index >= 15 is 0 Å². The number of ether oxygens (including phenoxy) is 1. The largest absolute Gasteiger partial charge is 0.508 e. The lowest BCUT2D eigenvalue weighted by Gasteiger charge is -2.44. The molecule has 0 bridgehead atoms. The average Bonchev–Trinajstić information content (AvgIpc) is 2.30. The number of aromatic hydroxyl groups is 1. The van der Waals surface area contributed by atoms with E-state index in [0.717, 1.165) is 17.4 Å². The number of phenols is 1. The first-order valence-corrected chi connectivity index (χ1v) is 6.02. The molecule has 1 aliphatic heterocycles. The number of benzene rings is 1. The lowest BCUT2D eigenvalue weighted by atomic mass is 9.75. The fourth-order valence-corrected chi connectivity index (χ4v) is 2.29. The Balaban J connectivity index is 2.57. The predicted octanol–water partition coefficient (Wildman–Crippen LogP) is 1.31. The standard InChI is InChI=1S/C14H19NO3/c1-13(2,7-16)12-6-10(17)4-5-11(12)14(15-3)8-18-9-14/h4-7,15,17H,8-9H2,1-3H3. The number of rotatable bonds is 4. The van der Waals surface area contributed by atoms with Crippen molar-refractivity contribution in [2.24, 2.45) is 0 Å². The molecular weight excluding hydrogens is 230 g/mol. The maximum absolute atomic E-state index is 11.3. The molecule has 0 atom stereocenters. The lowest BCUT2D eigenvalue weighted by Crippen LogP contribution is -2.57. The van der Waals surface area contributed by atoms with Gasteiger partial charge in [0.2, 0.25) is 0 Å². The van der Waals surface area contributed by atoms with Crippen LogP contribution in [0, 0.1) is 0 Å². The Hall–Kier alpha value is -1.39. The Morgan fingerprint density at radius 1 is 1.44 bits per heavy atom. The number of carbonyl (C=O) groups excluding carboxylic acids is 1. The van der Waals surface area contributed by atoms with E-state index in [2.05, 4.69) is 5.32 Å². The van der Waals surface area contributed by atoms with Gasteiger partial charge < -0.3 is 20.0 Å². The average molecular weight is 249 g/mol. The highest BCUT2D eigenvalue weighted by Crippen LogP contribution is 2.37. The van der Waals surface area contributed by atoms with E-state index in [1.54, 1.807) is 12.1 Å². The third kappa shape index (κ3) is 1.91. The Labute approximate surface area is 107 Å². The summed E-state index contributed by atoms with van der Waals surface area (Å²) in [6.07, 6.45) is 0.911. The second kappa shape index (κ2) is 4.37. The van der Waals surface area contributed by atoms with E-state index in [-0.39, 0.29) is 11.3 Å². The van der Waals surface area contributed by atoms with Crippen molar-refractivity contribution in [3.63, 3.8) is 0 Å². The summed E-state index contributed by atoms with van der Waals surface area (Å²) in [6.45, 7) is 4.86. The van der Waals surface area contributed by atoms with Gasteiger partial charge in [0, 0.05) is 5.41 Å². The fourth-order valence-electron chi connectivity index (χ4n) is 2.29. The smallest absolute Gasteiger partial charge is 0.129 e. The van der Waals surface area contributed by atoms with Crippen LogP contribution in [0.5, 0.6) is 5.75 Å². The third-order valence-electron chi connectivity index (χ3n) is 3.68. The van der Waals surface area contributed by atoms with Crippen LogP contribution in [-0.2, 0) is 20.5 Å². The van der Waals surface area contributed by atoms with E-state index in [9.17, 15) is 9.90 Å². The van der Waals surface area contributed by atoms with Crippen molar-refractivity contribution in [3.8, 4) is 5.75 Å². The van der Waals surface area contributed by atoms with Gasteiger partial charge in [-0.3, -0.25) is 0 Å². The normalized spacial score (nSPS) is 18.2. The van der Waals surface area contributed by atoms with Gasteiger partial charge in [-0.2, -0.15) is 0 Å². The lowest BCUT2D eigenvalue weighted by molar-refractivity contribution is -0.111. The van der Waals surface area contributed by atoms with E-state index in [1.165, 1.54) is 0 Å². The number of phenolic OH excluding ortho intramolecular Hbond substituents is 1. The van der Waals surface area contributed by atoms with Crippen molar-refractivity contribution in [2.45, 2.75) is 24.8 Å². The van der Waals surface area contributed by atoms with Gasteiger partial charge in [-0.15, -0.1) is 0 Å². The van der Waals surface area contributed by atoms with Gasteiger partial charge in [-0.05, 0) is 44.2 Å². The molecule has 18 heavy (non-hydrogen) atoms. The molecule has 1 aromatic carbocycles. The Bertz CT molecular complexity index is 459. The molecule has 4 nitrogen and oxygen atoms in total. The summed E-state index contributed by atoms with van der Waals surface area (Å²) in [7, 11) is 1.88. The van der Waals surface area contributed by atoms with Crippen molar-refractivity contribution in [1.82, 2.24) is 5.32 Å². The molecule has 1 aromatic rings. The molecule has 0 saturated carbocycles.